The van der Waals surface area contributed by atoms with E-state index < -0.39 is 0 Å². The molecule has 0 aliphatic rings. The molecular weight excluding hydrogens is 382 g/mol. The van der Waals surface area contributed by atoms with E-state index in [1.807, 2.05) is 19.9 Å². The van der Waals surface area contributed by atoms with Gasteiger partial charge in [0.1, 0.15) is 10.2 Å². The molecule has 0 radical (unpaired) electrons. The molecule has 0 bridgehead atoms. The van der Waals surface area contributed by atoms with Gasteiger partial charge in [-0.1, -0.05) is 50.0 Å². The fourth-order valence-corrected chi connectivity index (χ4v) is 3.33. The van der Waals surface area contributed by atoms with Crippen molar-refractivity contribution >= 4 is 40.9 Å². The fourth-order valence-electron chi connectivity index (χ4n) is 2.35. The van der Waals surface area contributed by atoms with Crippen LogP contribution in [0.1, 0.15) is 29.8 Å². The summed E-state index contributed by atoms with van der Waals surface area (Å²) < 4.78 is 3.14. The predicted molar refractivity (Wildman–Crippen MR) is 109 cm³/mol. The van der Waals surface area contributed by atoms with Gasteiger partial charge in [0, 0.05) is 19.7 Å². The molecule has 0 spiro atoms. The molecule has 0 fully saturated rings. The molecule has 0 unspecified atom stereocenters. The summed E-state index contributed by atoms with van der Waals surface area (Å²) in [5.74, 6) is 0.0437. The molecule has 0 aliphatic carbocycles. The number of hydrogen-bond donors (Lipinski definition) is 1. The normalized spacial score (nSPS) is 10.2. The Bertz CT molecular complexity index is 1150. The van der Waals surface area contributed by atoms with E-state index in [1.165, 1.54) is 20.9 Å². The SMILES string of the molecule is CC.Cn1c(=S)c2[nH]c(SCC(=O)c3cccc(C#N)c3)nc2n(C)c1=O. The number of H-pyrrole nitrogens is 1. The Morgan fingerprint density at radius 1 is 1.33 bits per heavy atom. The highest BCUT2D eigenvalue weighted by molar-refractivity contribution is 7.99. The second-order valence-electron chi connectivity index (χ2n) is 5.35. The summed E-state index contributed by atoms with van der Waals surface area (Å²) in [6.07, 6.45) is 0. The quantitative estimate of drug-likeness (QED) is 0.410. The minimum atomic E-state index is -0.259. The third kappa shape index (κ3) is 4.18. The highest BCUT2D eigenvalue weighted by Crippen LogP contribution is 2.20. The van der Waals surface area contributed by atoms with E-state index in [0.717, 1.165) is 0 Å². The molecule has 9 heteroatoms. The smallest absolute Gasteiger partial charge is 0.329 e. The van der Waals surface area contributed by atoms with Crippen LogP contribution in [0.25, 0.3) is 11.2 Å². The van der Waals surface area contributed by atoms with Gasteiger partial charge >= 0.3 is 5.69 Å². The van der Waals surface area contributed by atoms with Crippen molar-refractivity contribution in [3.05, 3.63) is 50.5 Å². The van der Waals surface area contributed by atoms with E-state index in [2.05, 4.69) is 9.97 Å². The van der Waals surface area contributed by atoms with Crippen molar-refractivity contribution in [1.82, 2.24) is 19.1 Å². The first kappa shape index (κ1) is 20.6. The number of nitrogens with zero attached hydrogens (tertiary/aromatic N) is 4. The minimum Gasteiger partial charge on any atom is -0.329 e. The van der Waals surface area contributed by atoms with Gasteiger partial charge in [0.2, 0.25) is 0 Å². The number of ketones is 1. The first-order valence-electron chi connectivity index (χ1n) is 8.24. The zero-order chi connectivity index (χ0) is 20.1. The summed E-state index contributed by atoms with van der Waals surface area (Å²) in [6.45, 7) is 4.00. The van der Waals surface area contributed by atoms with Crippen LogP contribution in [-0.2, 0) is 14.1 Å². The summed E-state index contributed by atoms with van der Waals surface area (Å²) in [5.41, 5.74) is 1.70. The summed E-state index contributed by atoms with van der Waals surface area (Å²) in [4.78, 5) is 31.8. The molecule has 0 aliphatic heterocycles. The predicted octanol–water partition coefficient (Wildman–Crippen LogP) is 3.20. The number of thioether (sulfide) groups is 1. The van der Waals surface area contributed by atoms with Crippen LogP contribution in [-0.4, -0.2) is 30.6 Å². The van der Waals surface area contributed by atoms with Crippen molar-refractivity contribution < 1.29 is 4.79 Å². The Morgan fingerprint density at radius 2 is 2.04 bits per heavy atom. The zero-order valence-electron chi connectivity index (χ0n) is 15.4. The van der Waals surface area contributed by atoms with Crippen LogP contribution in [0.5, 0.6) is 0 Å². The molecule has 0 saturated heterocycles. The molecule has 1 aromatic carbocycles. The van der Waals surface area contributed by atoms with E-state index in [4.69, 9.17) is 17.5 Å². The van der Waals surface area contributed by atoms with Gasteiger partial charge in [-0.25, -0.2) is 9.78 Å². The molecule has 3 aromatic rings. The second-order valence-corrected chi connectivity index (χ2v) is 6.70. The molecule has 140 valence electrons. The Balaban J connectivity index is 0.00000126. The highest BCUT2D eigenvalue weighted by Gasteiger charge is 2.13. The number of rotatable bonds is 4. The Kier molecular flexibility index (Phi) is 6.71. The molecule has 0 atom stereocenters. The second kappa shape index (κ2) is 8.79. The molecule has 0 amide bonds. The Morgan fingerprint density at radius 3 is 2.70 bits per heavy atom. The van der Waals surface area contributed by atoms with Crippen LogP contribution in [0.2, 0.25) is 0 Å². The summed E-state index contributed by atoms with van der Waals surface area (Å²) >= 11 is 6.49. The molecule has 2 heterocycles. The minimum absolute atomic E-state index is 0.111. The lowest BCUT2D eigenvalue weighted by Crippen LogP contribution is -2.27. The number of aromatic amines is 1. The Labute approximate surface area is 165 Å². The number of Topliss-reactive ketones (excluding diaryl/α,β-unsaturated/α-hetero) is 1. The monoisotopic (exact) mass is 401 g/mol. The van der Waals surface area contributed by atoms with Crippen LogP contribution in [0, 0.1) is 16.0 Å². The van der Waals surface area contributed by atoms with E-state index in [1.54, 1.807) is 38.4 Å². The van der Waals surface area contributed by atoms with Crippen molar-refractivity contribution in [2.45, 2.75) is 19.0 Å². The number of nitriles is 1. The summed E-state index contributed by atoms with van der Waals surface area (Å²) in [7, 11) is 3.22. The average molecular weight is 402 g/mol. The highest BCUT2D eigenvalue weighted by atomic mass is 32.2. The molecule has 1 N–H and O–H groups in total. The van der Waals surface area contributed by atoms with Gasteiger partial charge < -0.3 is 4.98 Å². The average Bonchev–Trinajstić information content (AvgIpc) is 3.15. The van der Waals surface area contributed by atoms with Crippen LogP contribution >= 0.6 is 24.0 Å². The summed E-state index contributed by atoms with van der Waals surface area (Å²) in [5, 5.41) is 9.41. The number of benzene rings is 1. The number of aryl methyl sites for hydroxylation is 1. The van der Waals surface area contributed by atoms with Crippen LogP contribution in [0.15, 0.2) is 34.2 Å². The van der Waals surface area contributed by atoms with E-state index >= 15 is 0 Å². The third-order valence-corrected chi connectivity index (χ3v) is 5.08. The van der Waals surface area contributed by atoms with Gasteiger partial charge in [0.05, 0.1) is 17.4 Å². The van der Waals surface area contributed by atoms with Crippen molar-refractivity contribution in [3.8, 4) is 6.07 Å². The molecule has 7 nitrogen and oxygen atoms in total. The first-order valence-corrected chi connectivity index (χ1v) is 9.63. The van der Waals surface area contributed by atoms with Crippen LogP contribution < -0.4 is 5.69 Å². The first-order chi connectivity index (χ1) is 12.9. The van der Waals surface area contributed by atoms with Crippen LogP contribution in [0.4, 0.5) is 0 Å². The van der Waals surface area contributed by atoms with Gasteiger partial charge in [-0.3, -0.25) is 13.9 Å². The molecule has 2 aromatic heterocycles. The van der Waals surface area contributed by atoms with Crippen molar-refractivity contribution in [2.24, 2.45) is 14.1 Å². The zero-order valence-corrected chi connectivity index (χ0v) is 17.1. The van der Waals surface area contributed by atoms with Gasteiger partial charge in [0.25, 0.3) is 0 Å². The largest absolute Gasteiger partial charge is 0.330 e. The lowest BCUT2D eigenvalue weighted by molar-refractivity contribution is 0.102. The molecule has 3 rings (SSSR count). The van der Waals surface area contributed by atoms with Crippen molar-refractivity contribution in [2.75, 3.05) is 5.75 Å². The summed E-state index contributed by atoms with van der Waals surface area (Å²) in [6, 6.07) is 8.57. The van der Waals surface area contributed by atoms with Gasteiger partial charge in [-0.15, -0.1) is 0 Å². The van der Waals surface area contributed by atoms with Crippen LogP contribution in [0.3, 0.4) is 0 Å². The van der Waals surface area contributed by atoms with Gasteiger partial charge in [0.15, 0.2) is 16.6 Å². The number of imidazole rings is 1. The maximum atomic E-state index is 12.3. The maximum absolute atomic E-state index is 12.3. The third-order valence-electron chi connectivity index (χ3n) is 3.73. The van der Waals surface area contributed by atoms with Gasteiger partial charge in [-0.05, 0) is 12.1 Å². The lowest BCUT2D eigenvalue weighted by Gasteiger charge is -2.02. The number of hydrogen-bond acceptors (Lipinski definition) is 6. The van der Waals surface area contributed by atoms with E-state index in [9.17, 15) is 9.59 Å². The van der Waals surface area contributed by atoms with Gasteiger partial charge in [-0.2, -0.15) is 5.26 Å². The number of carbonyl (C=O) groups is 1. The number of fused-ring (bicyclic) bond motifs is 1. The topological polar surface area (TPSA) is 96.5 Å². The fraction of sp³-hybridized carbons (Fsp3) is 0.278. The molecule has 0 saturated carbocycles. The lowest BCUT2D eigenvalue weighted by atomic mass is 10.1. The van der Waals surface area contributed by atoms with E-state index in [-0.39, 0.29) is 17.2 Å². The van der Waals surface area contributed by atoms with Crippen molar-refractivity contribution in [1.29, 1.82) is 5.26 Å². The number of nitrogens with one attached hydrogen (secondary N) is 1. The van der Waals surface area contributed by atoms with E-state index in [0.29, 0.717) is 32.1 Å². The Hall–Kier alpha value is -2.70. The number of carbonyl (C=O) groups excluding carboxylic acids is 1. The number of aromatic nitrogens is 4. The standard InChI is InChI=1S/C16H13N5O2S2.C2H6/c1-20-13-12(14(24)21(2)16(20)23)18-15(19-13)25-8-11(22)10-5-3-4-9(6-10)7-17;1-2/h3-6H,8H2,1-2H3,(H,18,19);1-2H3. The van der Waals surface area contributed by atoms with Crippen molar-refractivity contribution in [3.63, 3.8) is 0 Å². The molecular formula is C18H19N5O2S2. The maximum Gasteiger partial charge on any atom is 0.330 e. The molecule has 27 heavy (non-hydrogen) atoms.